The lowest BCUT2D eigenvalue weighted by atomic mass is 10.1. The van der Waals surface area contributed by atoms with E-state index in [-0.39, 0.29) is 0 Å². The van der Waals surface area contributed by atoms with Gasteiger partial charge in [-0.1, -0.05) is 59.3 Å². The standard InChI is InChI=1S/C18H39BrN/c1-4-7-10-13-16-20(19,17-14-11-8-5-2)18-15-12-9-6-3/h4-18H2,1-3H3/q+1. The normalized spacial score (nSPS) is 12.0. The summed E-state index contributed by atoms with van der Waals surface area (Å²) in [6.45, 7) is 10.9. The molecule has 0 bridgehead atoms. The van der Waals surface area contributed by atoms with Crippen LogP contribution in [0.15, 0.2) is 0 Å². The molecule has 122 valence electrons. The van der Waals surface area contributed by atoms with Gasteiger partial charge in [0.25, 0.3) is 0 Å². The molecule has 0 radical (unpaired) electrons. The Bertz CT molecular complexity index is 163. The minimum Gasteiger partial charge on any atom is -0.256 e. The number of hydrogen-bond donors (Lipinski definition) is 0. The van der Waals surface area contributed by atoms with Crippen molar-refractivity contribution >= 4 is 16.1 Å². The SMILES string of the molecule is CCCCCC[N+](Br)(CCCCCC)CCCCCC. The fourth-order valence-corrected chi connectivity index (χ4v) is 3.55. The summed E-state index contributed by atoms with van der Waals surface area (Å²) in [4.78, 5) is 0. The number of rotatable bonds is 15. The molecule has 0 aromatic rings. The molecular weight excluding hydrogens is 310 g/mol. The highest BCUT2D eigenvalue weighted by Gasteiger charge is 2.23. The summed E-state index contributed by atoms with van der Waals surface area (Å²) < 4.78 is 1.16. The molecule has 0 aliphatic heterocycles. The Kier molecular flexibility index (Phi) is 14.7. The quantitative estimate of drug-likeness (QED) is 0.224. The van der Waals surface area contributed by atoms with Crippen molar-refractivity contribution in [3.63, 3.8) is 0 Å². The van der Waals surface area contributed by atoms with Crippen molar-refractivity contribution in [3.05, 3.63) is 0 Å². The Balaban J connectivity index is 3.98. The molecule has 0 N–H and O–H groups in total. The molecule has 0 heterocycles. The topological polar surface area (TPSA) is 0 Å². The Morgan fingerprint density at radius 1 is 0.500 bits per heavy atom. The van der Waals surface area contributed by atoms with Crippen LogP contribution in [0.1, 0.15) is 97.8 Å². The third-order valence-corrected chi connectivity index (χ3v) is 5.30. The van der Waals surface area contributed by atoms with Crippen molar-refractivity contribution < 1.29 is 3.51 Å². The van der Waals surface area contributed by atoms with Crippen molar-refractivity contribution in [2.45, 2.75) is 97.8 Å². The molecule has 0 saturated carbocycles. The highest BCUT2D eigenvalue weighted by Crippen LogP contribution is 2.22. The molecular formula is C18H39BrN+. The molecule has 0 amide bonds. The first kappa shape index (κ1) is 20.4. The maximum atomic E-state index is 4.08. The summed E-state index contributed by atoms with van der Waals surface area (Å²) in [7, 11) is 0. The second-order valence-corrected chi connectivity index (χ2v) is 7.89. The fourth-order valence-electron chi connectivity index (χ4n) is 2.80. The van der Waals surface area contributed by atoms with Crippen LogP contribution >= 0.6 is 16.1 Å². The summed E-state index contributed by atoms with van der Waals surface area (Å²) in [5.41, 5.74) is 0. The average molecular weight is 349 g/mol. The van der Waals surface area contributed by atoms with Gasteiger partial charge in [-0.2, -0.15) is 0 Å². The Labute approximate surface area is 137 Å². The van der Waals surface area contributed by atoms with Crippen molar-refractivity contribution in [2.75, 3.05) is 19.6 Å². The molecule has 0 unspecified atom stereocenters. The van der Waals surface area contributed by atoms with E-state index < -0.39 is 0 Å². The lowest BCUT2D eigenvalue weighted by molar-refractivity contribution is -0.781. The molecule has 0 fully saturated rings. The molecule has 0 aromatic heterocycles. The van der Waals surface area contributed by atoms with E-state index in [0.29, 0.717) is 0 Å². The van der Waals surface area contributed by atoms with E-state index in [9.17, 15) is 0 Å². The first-order chi connectivity index (χ1) is 9.68. The second-order valence-electron chi connectivity index (χ2n) is 6.38. The third kappa shape index (κ3) is 12.2. The van der Waals surface area contributed by atoms with E-state index in [1.165, 1.54) is 96.7 Å². The zero-order chi connectivity index (χ0) is 15.1. The lowest BCUT2D eigenvalue weighted by Gasteiger charge is -2.31. The molecule has 0 rings (SSSR count). The van der Waals surface area contributed by atoms with Gasteiger partial charge < -0.3 is 0 Å². The maximum Gasteiger partial charge on any atom is 0.227 e. The van der Waals surface area contributed by atoms with Crippen LogP contribution in [-0.2, 0) is 0 Å². The van der Waals surface area contributed by atoms with Crippen LogP contribution in [0.5, 0.6) is 0 Å². The monoisotopic (exact) mass is 348 g/mol. The molecule has 0 aromatic carbocycles. The molecule has 0 aliphatic carbocycles. The fraction of sp³-hybridized carbons (Fsp3) is 1.00. The smallest absolute Gasteiger partial charge is 0.227 e. The van der Waals surface area contributed by atoms with E-state index >= 15 is 0 Å². The minimum atomic E-state index is 1.16. The first-order valence-corrected chi connectivity index (χ1v) is 9.95. The van der Waals surface area contributed by atoms with Crippen LogP contribution < -0.4 is 0 Å². The minimum absolute atomic E-state index is 1.16. The van der Waals surface area contributed by atoms with Crippen LogP contribution in [0.3, 0.4) is 0 Å². The largest absolute Gasteiger partial charge is 0.256 e. The highest BCUT2D eigenvalue weighted by molar-refractivity contribution is 9.05. The number of nitrogens with zero attached hydrogens (tertiary/aromatic N) is 1. The van der Waals surface area contributed by atoms with Gasteiger partial charge in [-0.3, -0.25) is 3.51 Å². The number of hydrogen-bond acceptors (Lipinski definition) is 0. The van der Waals surface area contributed by atoms with Crippen LogP contribution in [-0.4, -0.2) is 23.1 Å². The summed E-state index contributed by atoms with van der Waals surface area (Å²) in [5.74, 6) is 0. The average Bonchev–Trinajstić information content (AvgIpc) is 2.45. The van der Waals surface area contributed by atoms with Gasteiger partial charge in [0.2, 0.25) is 16.1 Å². The van der Waals surface area contributed by atoms with Crippen molar-refractivity contribution in [1.29, 1.82) is 0 Å². The van der Waals surface area contributed by atoms with E-state index in [1.54, 1.807) is 0 Å². The number of quaternary nitrogens is 1. The lowest BCUT2D eigenvalue weighted by Crippen LogP contribution is -2.40. The second kappa shape index (κ2) is 14.4. The Morgan fingerprint density at radius 3 is 1.05 bits per heavy atom. The van der Waals surface area contributed by atoms with Gasteiger partial charge >= 0.3 is 0 Å². The number of unbranched alkanes of at least 4 members (excludes halogenated alkanes) is 9. The first-order valence-electron chi connectivity index (χ1n) is 9.24. The summed E-state index contributed by atoms with van der Waals surface area (Å²) in [6, 6.07) is 0. The Morgan fingerprint density at radius 2 is 0.800 bits per heavy atom. The van der Waals surface area contributed by atoms with Crippen molar-refractivity contribution in [3.8, 4) is 0 Å². The highest BCUT2D eigenvalue weighted by atomic mass is 79.9. The van der Waals surface area contributed by atoms with Gasteiger partial charge in [0.15, 0.2) is 0 Å². The van der Waals surface area contributed by atoms with Gasteiger partial charge in [0, 0.05) is 0 Å². The number of halogens is 1. The summed E-state index contributed by atoms with van der Waals surface area (Å²) >= 11 is 4.08. The molecule has 0 aliphatic rings. The summed E-state index contributed by atoms with van der Waals surface area (Å²) in [6.07, 6.45) is 16.6. The zero-order valence-corrected chi connectivity index (χ0v) is 16.0. The van der Waals surface area contributed by atoms with Crippen LogP contribution in [0, 0.1) is 0 Å². The molecule has 0 atom stereocenters. The van der Waals surface area contributed by atoms with E-state index in [4.69, 9.17) is 0 Å². The molecule has 0 spiro atoms. The molecule has 20 heavy (non-hydrogen) atoms. The predicted molar refractivity (Wildman–Crippen MR) is 96.2 cm³/mol. The van der Waals surface area contributed by atoms with Gasteiger partial charge in [-0.25, -0.2) is 0 Å². The van der Waals surface area contributed by atoms with Gasteiger partial charge in [-0.05, 0) is 38.5 Å². The van der Waals surface area contributed by atoms with E-state index in [1.807, 2.05) is 0 Å². The van der Waals surface area contributed by atoms with Crippen molar-refractivity contribution in [1.82, 2.24) is 0 Å². The molecule has 1 nitrogen and oxygen atoms in total. The zero-order valence-electron chi connectivity index (χ0n) is 14.4. The maximum absolute atomic E-state index is 4.08. The van der Waals surface area contributed by atoms with E-state index in [2.05, 4.69) is 36.9 Å². The summed E-state index contributed by atoms with van der Waals surface area (Å²) in [5, 5.41) is 0. The Hall–Kier alpha value is 0.440. The predicted octanol–water partition coefficient (Wildman–Crippen LogP) is 6.85. The molecule has 0 saturated heterocycles. The van der Waals surface area contributed by atoms with E-state index in [0.717, 1.165) is 3.51 Å². The molecule has 2 heteroatoms. The van der Waals surface area contributed by atoms with Crippen molar-refractivity contribution in [2.24, 2.45) is 0 Å². The third-order valence-electron chi connectivity index (χ3n) is 4.24. The van der Waals surface area contributed by atoms with Gasteiger partial charge in [0.1, 0.15) is 0 Å². The van der Waals surface area contributed by atoms with Crippen LogP contribution in [0.25, 0.3) is 0 Å². The van der Waals surface area contributed by atoms with Gasteiger partial charge in [-0.15, -0.1) is 0 Å². The van der Waals surface area contributed by atoms with Crippen LogP contribution in [0.2, 0.25) is 0 Å². The van der Waals surface area contributed by atoms with Crippen LogP contribution in [0.4, 0.5) is 0 Å². The van der Waals surface area contributed by atoms with Gasteiger partial charge in [0.05, 0.1) is 19.6 Å².